The summed E-state index contributed by atoms with van der Waals surface area (Å²) in [6.07, 6.45) is 6.89. The fourth-order valence-electron chi connectivity index (χ4n) is 3.37. The zero-order valence-corrected chi connectivity index (χ0v) is 11.8. The first-order valence-electron chi connectivity index (χ1n) is 7.55. The van der Waals surface area contributed by atoms with Crippen molar-refractivity contribution >= 4 is 5.91 Å². The lowest BCUT2D eigenvalue weighted by atomic mass is 9.71. The third kappa shape index (κ3) is 2.87. The zero-order valence-electron chi connectivity index (χ0n) is 11.8. The fraction of sp³-hybridized carbons (Fsp3) is 0.933. The standard InChI is InChI=1S/C15H27NO2/c1-3-12(2)10-14(17)16-9-8-15(18)7-5-4-6-13(15)11-16/h12-13,18H,3-11H2,1-2H3. The molecule has 2 rings (SSSR count). The van der Waals surface area contributed by atoms with Crippen molar-refractivity contribution in [1.82, 2.24) is 4.90 Å². The van der Waals surface area contributed by atoms with Crippen LogP contribution in [0.5, 0.6) is 0 Å². The monoisotopic (exact) mass is 253 g/mol. The normalized spacial score (nSPS) is 33.9. The third-order valence-corrected chi connectivity index (χ3v) is 5.00. The lowest BCUT2D eigenvalue weighted by molar-refractivity contribution is -0.144. The van der Waals surface area contributed by atoms with Gasteiger partial charge < -0.3 is 10.0 Å². The Morgan fingerprint density at radius 1 is 1.44 bits per heavy atom. The van der Waals surface area contributed by atoms with Crippen molar-refractivity contribution < 1.29 is 9.90 Å². The molecule has 1 aliphatic heterocycles. The van der Waals surface area contributed by atoms with E-state index in [4.69, 9.17) is 0 Å². The van der Waals surface area contributed by atoms with Crippen LogP contribution in [-0.2, 0) is 4.79 Å². The largest absolute Gasteiger partial charge is 0.389 e. The molecule has 3 heteroatoms. The van der Waals surface area contributed by atoms with E-state index in [-0.39, 0.29) is 5.91 Å². The van der Waals surface area contributed by atoms with E-state index < -0.39 is 5.60 Å². The highest BCUT2D eigenvalue weighted by molar-refractivity contribution is 5.76. The topological polar surface area (TPSA) is 40.5 Å². The van der Waals surface area contributed by atoms with Gasteiger partial charge in [-0.1, -0.05) is 33.1 Å². The van der Waals surface area contributed by atoms with Gasteiger partial charge in [-0.15, -0.1) is 0 Å². The minimum Gasteiger partial charge on any atom is -0.389 e. The van der Waals surface area contributed by atoms with E-state index in [1.807, 2.05) is 4.90 Å². The summed E-state index contributed by atoms with van der Waals surface area (Å²) in [5.74, 6) is 1.09. The Hall–Kier alpha value is -0.570. The van der Waals surface area contributed by atoms with Gasteiger partial charge in [0.2, 0.25) is 5.91 Å². The second-order valence-electron chi connectivity index (χ2n) is 6.35. The number of rotatable bonds is 3. The van der Waals surface area contributed by atoms with Gasteiger partial charge in [0.25, 0.3) is 0 Å². The molecule has 1 saturated heterocycles. The Bertz CT molecular complexity index is 305. The molecule has 2 fully saturated rings. The summed E-state index contributed by atoms with van der Waals surface area (Å²) in [5, 5.41) is 10.6. The van der Waals surface area contributed by atoms with E-state index in [9.17, 15) is 9.90 Å². The highest BCUT2D eigenvalue weighted by atomic mass is 16.3. The Morgan fingerprint density at radius 3 is 2.94 bits per heavy atom. The summed E-state index contributed by atoms with van der Waals surface area (Å²) >= 11 is 0. The Kier molecular flexibility index (Phi) is 4.31. The molecule has 18 heavy (non-hydrogen) atoms. The smallest absolute Gasteiger partial charge is 0.222 e. The first kappa shape index (κ1) is 13.9. The first-order chi connectivity index (χ1) is 8.55. The Balaban J connectivity index is 1.92. The average Bonchev–Trinajstić information content (AvgIpc) is 2.37. The van der Waals surface area contributed by atoms with E-state index in [1.54, 1.807) is 0 Å². The quantitative estimate of drug-likeness (QED) is 0.840. The molecule has 0 aromatic carbocycles. The lowest BCUT2D eigenvalue weighted by Gasteiger charge is -2.47. The molecule has 0 spiro atoms. The van der Waals surface area contributed by atoms with E-state index in [2.05, 4.69) is 13.8 Å². The molecule has 1 aliphatic carbocycles. The van der Waals surface area contributed by atoms with E-state index >= 15 is 0 Å². The Labute approximate surface area is 111 Å². The molecule has 3 nitrogen and oxygen atoms in total. The number of amides is 1. The minimum atomic E-state index is -0.467. The average molecular weight is 253 g/mol. The number of carbonyl (C=O) groups excluding carboxylic acids is 1. The van der Waals surface area contributed by atoms with Crippen LogP contribution < -0.4 is 0 Å². The summed E-state index contributed by atoms with van der Waals surface area (Å²) in [6, 6.07) is 0. The van der Waals surface area contributed by atoms with Crippen LogP contribution in [0.1, 0.15) is 58.8 Å². The van der Waals surface area contributed by atoms with Crippen molar-refractivity contribution in [2.75, 3.05) is 13.1 Å². The van der Waals surface area contributed by atoms with Crippen LogP contribution in [0.15, 0.2) is 0 Å². The SMILES string of the molecule is CCC(C)CC(=O)N1CCC2(O)CCCCC2C1. The van der Waals surface area contributed by atoms with Crippen molar-refractivity contribution in [3.63, 3.8) is 0 Å². The number of fused-ring (bicyclic) bond motifs is 1. The number of hydrogen-bond acceptors (Lipinski definition) is 2. The number of carbonyl (C=O) groups is 1. The highest BCUT2D eigenvalue weighted by Gasteiger charge is 2.43. The zero-order chi connectivity index (χ0) is 13.2. The molecule has 3 unspecified atom stereocenters. The van der Waals surface area contributed by atoms with Gasteiger partial charge in [-0.2, -0.15) is 0 Å². The van der Waals surface area contributed by atoms with Crippen LogP contribution in [0.2, 0.25) is 0 Å². The van der Waals surface area contributed by atoms with Gasteiger partial charge in [0.05, 0.1) is 5.60 Å². The molecule has 1 saturated carbocycles. The second-order valence-corrected chi connectivity index (χ2v) is 6.35. The molecular weight excluding hydrogens is 226 g/mol. The van der Waals surface area contributed by atoms with Crippen LogP contribution >= 0.6 is 0 Å². The van der Waals surface area contributed by atoms with Gasteiger partial charge >= 0.3 is 0 Å². The van der Waals surface area contributed by atoms with Crippen LogP contribution in [0.4, 0.5) is 0 Å². The number of aliphatic hydroxyl groups is 1. The molecule has 1 N–H and O–H groups in total. The van der Waals surface area contributed by atoms with Crippen LogP contribution in [0, 0.1) is 11.8 Å². The van der Waals surface area contributed by atoms with Gasteiger partial charge in [-0.3, -0.25) is 4.79 Å². The van der Waals surface area contributed by atoms with Gasteiger partial charge in [0, 0.05) is 25.4 Å². The Morgan fingerprint density at radius 2 is 2.22 bits per heavy atom. The molecule has 1 amide bonds. The van der Waals surface area contributed by atoms with Crippen molar-refractivity contribution in [1.29, 1.82) is 0 Å². The van der Waals surface area contributed by atoms with E-state index in [0.29, 0.717) is 18.3 Å². The molecule has 1 heterocycles. The fourth-order valence-corrected chi connectivity index (χ4v) is 3.37. The maximum atomic E-state index is 12.2. The lowest BCUT2D eigenvalue weighted by Crippen LogP contribution is -2.54. The molecule has 0 bridgehead atoms. The molecule has 0 aromatic rings. The van der Waals surface area contributed by atoms with Crippen LogP contribution in [-0.4, -0.2) is 34.6 Å². The van der Waals surface area contributed by atoms with Crippen molar-refractivity contribution in [2.45, 2.75) is 64.4 Å². The number of nitrogens with zero attached hydrogens (tertiary/aromatic N) is 1. The molecular formula is C15H27NO2. The summed E-state index contributed by atoms with van der Waals surface area (Å²) in [5.41, 5.74) is -0.467. The molecule has 3 atom stereocenters. The van der Waals surface area contributed by atoms with Gasteiger partial charge in [0.1, 0.15) is 0 Å². The van der Waals surface area contributed by atoms with Crippen molar-refractivity contribution in [2.24, 2.45) is 11.8 Å². The van der Waals surface area contributed by atoms with Crippen molar-refractivity contribution in [3.05, 3.63) is 0 Å². The minimum absolute atomic E-state index is 0.289. The maximum Gasteiger partial charge on any atom is 0.222 e. The third-order valence-electron chi connectivity index (χ3n) is 5.00. The predicted octanol–water partition coefficient (Wildman–Crippen LogP) is 2.58. The van der Waals surface area contributed by atoms with Gasteiger partial charge in [-0.05, 0) is 25.2 Å². The number of likely N-dealkylation sites (tertiary alicyclic amines) is 1. The highest BCUT2D eigenvalue weighted by Crippen LogP contribution is 2.39. The van der Waals surface area contributed by atoms with E-state index in [1.165, 1.54) is 6.42 Å². The molecule has 104 valence electrons. The van der Waals surface area contributed by atoms with E-state index in [0.717, 1.165) is 45.2 Å². The van der Waals surface area contributed by atoms with Gasteiger partial charge in [-0.25, -0.2) is 0 Å². The summed E-state index contributed by atoms with van der Waals surface area (Å²) in [6.45, 7) is 5.81. The van der Waals surface area contributed by atoms with Crippen LogP contribution in [0.25, 0.3) is 0 Å². The first-order valence-corrected chi connectivity index (χ1v) is 7.55. The molecule has 0 aromatic heterocycles. The van der Waals surface area contributed by atoms with Crippen LogP contribution in [0.3, 0.4) is 0 Å². The summed E-state index contributed by atoms with van der Waals surface area (Å²) in [7, 11) is 0. The number of hydrogen-bond donors (Lipinski definition) is 1. The second kappa shape index (κ2) is 5.60. The van der Waals surface area contributed by atoms with Gasteiger partial charge in [0.15, 0.2) is 0 Å². The number of piperidine rings is 1. The summed E-state index contributed by atoms with van der Waals surface area (Å²) in [4.78, 5) is 14.2. The maximum absolute atomic E-state index is 12.2. The van der Waals surface area contributed by atoms with Crippen molar-refractivity contribution in [3.8, 4) is 0 Å². The summed E-state index contributed by atoms with van der Waals surface area (Å²) < 4.78 is 0. The molecule has 2 aliphatic rings. The predicted molar refractivity (Wildman–Crippen MR) is 72.2 cm³/mol. The molecule has 0 radical (unpaired) electrons.